The Kier molecular flexibility index (Phi) is 40.0. The van der Waals surface area contributed by atoms with Gasteiger partial charge in [0.15, 0.2) is 6.10 Å². The molecule has 0 radical (unpaired) electrons. The number of hydrogen-bond donors (Lipinski definition) is 2. The van der Waals surface area contributed by atoms with Crippen molar-refractivity contribution < 1.29 is 37.6 Å². The summed E-state index contributed by atoms with van der Waals surface area (Å²) in [6.07, 6.45) is 43.7. The number of carbonyl (C=O) groups excluding carboxylic acids is 2. The average Bonchev–Trinajstić information content (AvgIpc) is 3.16. The van der Waals surface area contributed by atoms with Gasteiger partial charge in [-0.05, 0) is 57.8 Å². The van der Waals surface area contributed by atoms with Crippen LogP contribution in [0.4, 0.5) is 0 Å². The van der Waals surface area contributed by atoms with Crippen LogP contribution in [0.1, 0.15) is 213 Å². The van der Waals surface area contributed by atoms with Gasteiger partial charge in [-0.2, -0.15) is 0 Å². The van der Waals surface area contributed by atoms with Crippen LogP contribution in [0, 0.1) is 0 Å². The van der Waals surface area contributed by atoms with Gasteiger partial charge in [0.05, 0.1) is 13.2 Å². The summed E-state index contributed by atoms with van der Waals surface area (Å²) in [6, 6.07) is 0. The van der Waals surface area contributed by atoms with E-state index in [4.69, 9.17) is 24.3 Å². The summed E-state index contributed by atoms with van der Waals surface area (Å²) in [5.41, 5.74) is 5.34. The Balaban J connectivity index is 4.02. The van der Waals surface area contributed by atoms with Gasteiger partial charge in [-0.15, -0.1) is 0 Å². The summed E-state index contributed by atoms with van der Waals surface area (Å²) in [5, 5.41) is 0. The fourth-order valence-electron chi connectivity index (χ4n) is 6.22. The lowest BCUT2D eigenvalue weighted by atomic mass is 10.0. The molecule has 0 fully saturated rings. The van der Waals surface area contributed by atoms with Gasteiger partial charge in [0.2, 0.25) is 0 Å². The number of carbonyl (C=O) groups is 2. The molecule has 2 unspecified atom stereocenters. The molecule has 10 heteroatoms. The molecule has 0 aliphatic heterocycles. The van der Waals surface area contributed by atoms with Gasteiger partial charge in [0.25, 0.3) is 0 Å². The molecule has 0 rings (SSSR count). The number of esters is 2. The normalized spacial score (nSPS) is 13.5. The first-order chi connectivity index (χ1) is 26.3. The maximum atomic E-state index is 12.6. The van der Waals surface area contributed by atoms with Crippen LogP contribution >= 0.6 is 7.82 Å². The molecule has 0 aliphatic rings. The number of hydrogen-bond acceptors (Lipinski definition) is 8. The molecule has 0 aromatic carbocycles. The summed E-state index contributed by atoms with van der Waals surface area (Å²) >= 11 is 0. The molecule has 0 saturated carbocycles. The van der Waals surface area contributed by atoms with E-state index in [9.17, 15) is 19.0 Å². The minimum Gasteiger partial charge on any atom is -0.462 e. The van der Waals surface area contributed by atoms with E-state index in [0.29, 0.717) is 6.42 Å². The van der Waals surface area contributed by atoms with E-state index in [0.717, 1.165) is 64.2 Å². The summed E-state index contributed by atoms with van der Waals surface area (Å²) in [7, 11) is -4.37. The molecule has 3 N–H and O–H groups in total. The molecule has 0 saturated heterocycles. The summed E-state index contributed by atoms with van der Waals surface area (Å²) in [6.45, 7) is 3.67. The number of unbranched alkanes of at least 4 members (excludes halogenated alkanes) is 25. The molecule has 9 nitrogen and oxygen atoms in total. The van der Waals surface area contributed by atoms with Crippen LogP contribution in [-0.2, 0) is 32.7 Å². The van der Waals surface area contributed by atoms with Crippen LogP contribution in [-0.4, -0.2) is 49.3 Å². The van der Waals surface area contributed by atoms with Crippen LogP contribution in [0.2, 0.25) is 0 Å². The second-order valence-corrected chi connectivity index (χ2v) is 16.4. The highest BCUT2D eigenvalue weighted by Crippen LogP contribution is 2.43. The summed E-state index contributed by atoms with van der Waals surface area (Å²) in [5.74, 6) is -0.837. The van der Waals surface area contributed by atoms with Crippen LogP contribution in [0.15, 0.2) is 24.3 Å². The van der Waals surface area contributed by atoms with Gasteiger partial charge >= 0.3 is 19.8 Å². The predicted octanol–water partition coefficient (Wildman–Crippen LogP) is 12.8. The minimum absolute atomic E-state index is 0.0533. The van der Waals surface area contributed by atoms with Crippen molar-refractivity contribution in [1.82, 2.24) is 0 Å². The fraction of sp³-hybridized carbons (Fsp3) is 0.864. The molecule has 0 aromatic heterocycles. The number of allylic oxidation sites excluding steroid dienone is 4. The van der Waals surface area contributed by atoms with Crippen molar-refractivity contribution in [2.45, 2.75) is 219 Å². The van der Waals surface area contributed by atoms with Crippen molar-refractivity contribution in [3.63, 3.8) is 0 Å². The summed E-state index contributed by atoms with van der Waals surface area (Å²) < 4.78 is 32.7. The first-order valence-electron chi connectivity index (χ1n) is 22.3. The van der Waals surface area contributed by atoms with E-state index in [2.05, 4.69) is 38.2 Å². The molecule has 318 valence electrons. The third-order valence-electron chi connectivity index (χ3n) is 9.54. The molecule has 0 bridgehead atoms. The lowest BCUT2D eigenvalue weighted by molar-refractivity contribution is -0.161. The molecule has 2 atom stereocenters. The smallest absolute Gasteiger partial charge is 0.462 e. The Morgan fingerprint density at radius 2 is 0.944 bits per heavy atom. The Bertz CT molecular complexity index is 944. The SMILES string of the molecule is CCC/C=C\CCCCCCCC(=O)OCC(COP(=O)(O)OCCN)OC(=O)CCCCCCCCCCCCC/C=C\CCCCCCCCCC. The second kappa shape index (κ2) is 41.1. The van der Waals surface area contributed by atoms with E-state index in [1.807, 2.05) is 0 Å². The fourth-order valence-corrected chi connectivity index (χ4v) is 6.99. The van der Waals surface area contributed by atoms with Gasteiger partial charge < -0.3 is 20.1 Å². The van der Waals surface area contributed by atoms with Crippen LogP contribution < -0.4 is 5.73 Å². The first kappa shape index (κ1) is 52.5. The first-order valence-corrected chi connectivity index (χ1v) is 23.8. The van der Waals surface area contributed by atoms with Gasteiger partial charge in [-0.25, -0.2) is 4.57 Å². The molecular formula is C44H84NO8P. The largest absolute Gasteiger partial charge is 0.472 e. The number of nitrogens with two attached hydrogens (primary N) is 1. The van der Waals surface area contributed by atoms with Crippen molar-refractivity contribution in [2.75, 3.05) is 26.4 Å². The zero-order valence-electron chi connectivity index (χ0n) is 35.0. The standard InChI is InChI=1S/C44H84NO8P/c1-3-5-7-9-11-13-15-16-17-18-19-20-21-22-23-24-25-26-27-29-31-33-35-37-44(47)53-42(41-52-54(48,49)51-39-38-45)40-50-43(46)36-34-32-30-28-14-12-10-8-6-4-2/h8,10,18-19,42H,3-7,9,11-17,20-41,45H2,1-2H3,(H,48,49)/b10-8-,19-18-. The number of rotatable bonds is 42. The van der Waals surface area contributed by atoms with Crippen molar-refractivity contribution in [1.29, 1.82) is 0 Å². The van der Waals surface area contributed by atoms with E-state index in [1.54, 1.807) is 0 Å². The van der Waals surface area contributed by atoms with Crippen molar-refractivity contribution in [2.24, 2.45) is 5.73 Å². The molecule has 0 spiro atoms. The zero-order valence-corrected chi connectivity index (χ0v) is 35.9. The Hall–Kier alpha value is -1.51. The third-order valence-corrected chi connectivity index (χ3v) is 10.5. The molecule has 54 heavy (non-hydrogen) atoms. The van der Waals surface area contributed by atoms with Gasteiger partial charge in [-0.1, -0.05) is 167 Å². The lowest BCUT2D eigenvalue weighted by Crippen LogP contribution is -2.29. The van der Waals surface area contributed by atoms with Crippen molar-refractivity contribution >= 4 is 19.8 Å². The Morgan fingerprint density at radius 3 is 1.39 bits per heavy atom. The molecular weight excluding hydrogens is 701 g/mol. The second-order valence-electron chi connectivity index (χ2n) is 14.9. The van der Waals surface area contributed by atoms with E-state index < -0.39 is 32.5 Å². The number of phosphoric acid groups is 1. The van der Waals surface area contributed by atoms with Crippen molar-refractivity contribution in [3.8, 4) is 0 Å². The number of ether oxygens (including phenoxy) is 2. The van der Waals surface area contributed by atoms with Gasteiger partial charge in [-0.3, -0.25) is 18.6 Å². The van der Waals surface area contributed by atoms with Crippen LogP contribution in [0.3, 0.4) is 0 Å². The molecule has 0 amide bonds. The average molecular weight is 786 g/mol. The van der Waals surface area contributed by atoms with E-state index in [1.165, 1.54) is 116 Å². The summed E-state index contributed by atoms with van der Waals surface area (Å²) in [4.78, 5) is 34.8. The number of phosphoric ester groups is 1. The third kappa shape index (κ3) is 40.2. The lowest BCUT2D eigenvalue weighted by Gasteiger charge is -2.19. The predicted molar refractivity (Wildman–Crippen MR) is 224 cm³/mol. The molecule has 0 heterocycles. The maximum absolute atomic E-state index is 12.6. The Labute approximate surface area is 332 Å². The highest BCUT2D eigenvalue weighted by Gasteiger charge is 2.26. The van der Waals surface area contributed by atoms with Gasteiger partial charge in [0, 0.05) is 19.4 Å². The monoisotopic (exact) mass is 786 g/mol. The minimum atomic E-state index is -4.37. The highest BCUT2D eigenvalue weighted by molar-refractivity contribution is 7.47. The molecule has 0 aliphatic carbocycles. The van der Waals surface area contributed by atoms with E-state index in [-0.39, 0.29) is 32.6 Å². The Morgan fingerprint density at radius 1 is 0.537 bits per heavy atom. The van der Waals surface area contributed by atoms with Gasteiger partial charge in [0.1, 0.15) is 6.61 Å². The van der Waals surface area contributed by atoms with Crippen molar-refractivity contribution in [3.05, 3.63) is 24.3 Å². The topological polar surface area (TPSA) is 134 Å². The van der Waals surface area contributed by atoms with E-state index >= 15 is 0 Å². The van der Waals surface area contributed by atoms with Crippen LogP contribution in [0.25, 0.3) is 0 Å². The quantitative estimate of drug-likeness (QED) is 0.0268. The molecule has 0 aromatic rings. The highest BCUT2D eigenvalue weighted by atomic mass is 31.2. The van der Waals surface area contributed by atoms with Crippen LogP contribution in [0.5, 0.6) is 0 Å². The maximum Gasteiger partial charge on any atom is 0.472 e. The zero-order chi connectivity index (χ0) is 39.6.